The van der Waals surface area contributed by atoms with Crippen molar-refractivity contribution in [3.8, 4) is 0 Å². The summed E-state index contributed by atoms with van der Waals surface area (Å²) < 4.78 is 31.7. The first-order valence-corrected chi connectivity index (χ1v) is 5.96. The van der Waals surface area contributed by atoms with Crippen LogP contribution in [0.5, 0.6) is 0 Å². The van der Waals surface area contributed by atoms with Crippen LogP contribution in [0.2, 0.25) is 0 Å². The molecule has 21 heavy (non-hydrogen) atoms. The highest BCUT2D eigenvalue weighted by Crippen LogP contribution is 2.21. The Morgan fingerprint density at radius 3 is 2.67 bits per heavy atom. The summed E-state index contributed by atoms with van der Waals surface area (Å²) in [5.41, 5.74) is -0.746. The maximum atomic E-state index is 13.5. The molecule has 0 aliphatic carbocycles. The topological polar surface area (TPSA) is 81.5 Å². The molecule has 0 bridgehead atoms. The molecule has 0 radical (unpaired) electrons. The lowest BCUT2D eigenvalue weighted by atomic mass is 10.1. The van der Waals surface area contributed by atoms with Gasteiger partial charge in [0.15, 0.2) is 0 Å². The number of nitrogens with one attached hydrogen (secondary N) is 1. The molecule has 8 heteroatoms. The quantitative estimate of drug-likeness (QED) is 0.362. The van der Waals surface area contributed by atoms with Gasteiger partial charge in [-0.1, -0.05) is 12.2 Å². The van der Waals surface area contributed by atoms with Gasteiger partial charge in [-0.3, -0.25) is 14.9 Å². The van der Waals surface area contributed by atoms with Gasteiger partial charge in [0.05, 0.1) is 23.7 Å². The van der Waals surface area contributed by atoms with Gasteiger partial charge in [0.25, 0.3) is 5.91 Å². The van der Waals surface area contributed by atoms with Crippen LogP contribution in [0.25, 0.3) is 0 Å². The average molecular weight is 300 g/mol. The number of rotatable bonds is 7. The van der Waals surface area contributed by atoms with Crippen molar-refractivity contribution >= 4 is 11.6 Å². The van der Waals surface area contributed by atoms with Crippen LogP contribution in [0.3, 0.4) is 0 Å². The van der Waals surface area contributed by atoms with Gasteiger partial charge in [0.1, 0.15) is 5.82 Å². The number of hydrogen-bond donors (Lipinski definition) is 1. The Morgan fingerprint density at radius 1 is 1.43 bits per heavy atom. The summed E-state index contributed by atoms with van der Waals surface area (Å²) in [4.78, 5) is 21.2. The van der Waals surface area contributed by atoms with Crippen molar-refractivity contribution in [1.29, 1.82) is 0 Å². The van der Waals surface area contributed by atoms with Crippen molar-refractivity contribution in [1.82, 2.24) is 5.32 Å². The molecule has 1 rings (SSSR count). The van der Waals surface area contributed by atoms with Gasteiger partial charge in [-0.15, -0.1) is 0 Å². The highest BCUT2D eigenvalue weighted by atomic mass is 19.1. The number of amides is 1. The Kier molecular flexibility index (Phi) is 5.92. The zero-order valence-corrected chi connectivity index (χ0v) is 11.3. The number of carbonyl (C=O) groups excluding carboxylic acids is 1. The van der Waals surface area contributed by atoms with Crippen molar-refractivity contribution in [3.63, 3.8) is 0 Å². The van der Waals surface area contributed by atoms with Gasteiger partial charge in [-0.2, -0.15) is 4.39 Å². The normalized spacial score (nSPS) is 10.2. The van der Waals surface area contributed by atoms with Gasteiger partial charge in [-0.25, -0.2) is 4.39 Å². The Bertz CT molecular complexity index is 576. The molecule has 0 fully saturated rings. The summed E-state index contributed by atoms with van der Waals surface area (Å²) >= 11 is 0. The molecule has 0 atom stereocenters. The minimum atomic E-state index is -1.33. The Labute approximate surface area is 119 Å². The molecule has 1 amide bonds. The van der Waals surface area contributed by atoms with E-state index in [0.29, 0.717) is 18.7 Å². The maximum absolute atomic E-state index is 13.5. The SMILES string of the molecule is C=C(C)COCCNC(=O)c1cc([N+](=O)[O-])c(F)cc1F. The fourth-order valence-corrected chi connectivity index (χ4v) is 1.43. The van der Waals surface area contributed by atoms with E-state index in [1.54, 1.807) is 6.92 Å². The minimum Gasteiger partial charge on any atom is -0.375 e. The van der Waals surface area contributed by atoms with Crippen LogP contribution >= 0.6 is 0 Å². The molecule has 0 unspecified atom stereocenters. The molecule has 0 aromatic heterocycles. The zero-order valence-electron chi connectivity index (χ0n) is 11.3. The van der Waals surface area contributed by atoms with Crippen LogP contribution in [0.1, 0.15) is 17.3 Å². The second-order valence-corrected chi connectivity index (χ2v) is 4.31. The summed E-state index contributed by atoms with van der Waals surface area (Å²) in [7, 11) is 0. The zero-order chi connectivity index (χ0) is 16.0. The largest absolute Gasteiger partial charge is 0.375 e. The van der Waals surface area contributed by atoms with Crippen LogP contribution in [-0.2, 0) is 4.74 Å². The van der Waals surface area contributed by atoms with Crippen LogP contribution in [0, 0.1) is 21.7 Å². The molecule has 0 spiro atoms. The number of carbonyl (C=O) groups is 1. The van der Waals surface area contributed by atoms with Gasteiger partial charge < -0.3 is 10.1 Å². The first-order valence-electron chi connectivity index (χ1n) is 5.96. The molecule has 0 saturated carbocycles. The first-order chi connectivity index (χ1) is 9.82. The molecule has 0 aliphatic heterocycles. The summed E-state index contributed by atoms with van der Waals surface area (Å²) in [6, 6.07) is 0.874. The van der Waals surface area contributed by atoms with Crippen molar-refractivity contribution < 1.29 is 23.2 Å². The highest BCUT2D eigenvalue weighted by molar-refractivity contribution is 5.95. The maximum Gasteiger partial charge on any atom is 0.305 e. The fourth-order valence-electron chi connectivity index (χ4n) is 1.43. The number of nitro groups is 1. The van der Waals surface area contributed by atoms with Crippen LogP contribution < -0.4 is 5.32 Å². The predicted octanol–water partition coefficient (Wildman–Crippen LogP) is 2.20. The first kappa shape index (κ1) is 16.7. The van der Waals surface area contributed by atoms with E-state index >= 15 is 0 Å². The fraction of sp³-hybridized carbons (Fsp3) is 0.308. The van der Waals surface area contributed by atoms with Gasteiger partial charge >= 0.3 is 5.69 Å². The van der Waals surface area contributed by atoms with E-state index in [-0.39, 0.29) is 13.2 Å². The van der Waals surface area contributed by atoms with Crippen molar-refractivity contribution in [3.05, 3.63) is 51.6 Å². The van der Waals surface area contributed by atoms with Crippen molar-refractivity contribution in [2.45, 2.75) is 6.92 Å². The third kappa shape index (κ3) is 4.92. The lowest BCUT2D eigenvalue weighted by molar-refractivity contribution is -0.387. The van der Waals surface area contributed by atoms with E-state index in [1.807, 2.05) is 0 Å². The third-order valence-electron chi connectivity index (χ3n) is 2.36. The molecule has 1 aromatic rings. The smallest absolute Gasteiger partial charge is 0.305 e. The van der Waals surface area contributed by atoms with E-state index in [4.69, 9.17) is 4.74 Å². The average Bonchev–Trinajstić information content (AvgIpc) is 2.37. The summed E-state index contributed by atoms with van der Waals surface area (Å²) in [6.07, 6.45) is 0. The number of hydrogen-bond acceptors (Lipinski definition) is 4. The summed E-state index contributed by atoms with van der Waals surface area (Å²) in [5, 5.41) is 12.9. The second kappa shape index (κ2) is 7.44. The van der Waals surface area contributed by atoms with Gasteiger partial charge in [0, 0.05) is 18.7 Å². The third-order valence-corrected chi connectivity index (χ3v) is 2.36. The number of nitrogens with zero attached hydrogens (tertiary/aromatic N) is 1. The minimum absolute atomic E-state index is 0.0801. The van der Waals surface area contributed by atoms with E-state index in [9.17, 15) is 23.7 Å². The lowest BCUT2D eigenvalue weighted by Crippen LogP contribution is -2.28. The van der Waals surface area contributed by atoms with Gasteiger partial charge in [0.2, 0.25) is 5.82 Å². The molecule has 1 aromatic carbocycles. The van der Waals surface area contributed by atoms with Crippen molar-refractivity contribution in [2.75, 3.05) is 19.8 Å². The summed E-state index contributed by atoms with van der Waals surface area (Å²) in [6.45, 7) is 5.97. The number of benzene rings is 1. The van der Waals surface area contributed by atoms with Crippen LogP contribution in [-0.4, -0.2) is 30.6 Å². The second-order valence-electron chi connectivity index (χ2n) is 4.31. The Balaban J connectivity index is 2.68. The predicted molar refractivity (Wildman–Crippen MR) is 71.0 cm³/mol. The molecule has 1 N–H and O–H groups in total. The number of halogens is 2. The monoisotopic (exact) mass is 300 g/mol. The van der Waals surface area contributed by atoms with E-state index in [1.165, 1.54) is 0 Å². The van der Waals surface area contributed by atoms with E-state index in [2.05, 4.69) is 11.9 Å². The standard InChI is InChI=1S/C13H14F2N2O4/c1-8(2)7-21-4-3-16-13(18)9-5-12(17(19)20)11(15)6-10(9)14/h5-6H,1,3-4,7H2,2H3,(H,16,18). The molecule has 114 valence electrons. The molecule has 0 heterocycles. The lowest BCUT2D eigenvalue weighted by Gasteiger charge is -2.07. The Morgan fingerprint density at radius 2 is 2.10 bits per heavy atom. The number of ether oxygens (including phenoxy) is 1. The van der Waals surface area contributed by atoms with Crippen LogP contribution in [0.15, 0.2) is 24.3 Å². The molecular formula is C13H14F2N2O4. The highest BCUT2D eigenvalue weighted by Gasteiger charge is 2.22. The molecule has 0 saturated heterocycles. The summed E-state index contributed by atoms with van der Waals surface area (Å²) in [5.74, 6) is -3.38. The molecule has 0 aliphatic rings. The van der Waals surface area contributed by atoms with Gasteiger partial charge in [-0.05, 0) is 6.92 Å². The number of nitro benzene ring substituents is 1. The Hall–Kier alpha value is -2.35. The molecule has 6 nitrogen and oxygen atoms in total. The van der Waals surface area contributed by atoms with E-state index in [0.717, 1.165) is 5.57 Å². The van der Waals surface area contributed by atoms with Crippen LogP contribution in [0.4, 0.5) is 14.5 Å². The van der Waals surface area contributed by atoms with E-state index < -0.39 is 33.7 Å². The van der Waals surface area contributed by atoms with Crippen molar-refractivity contribution in [2.24, 2.45) is 0 Å². The molecular weight excluding hydrogens is 286 g/mol.